The van der Waals surface area contributed by atoms with Crippen molar-refractivity contribution in [2.45, 2.75) is 18.6 Å². The van der Waals surface area contributed by atoms with Crippen LogP contribution in [-0.2, 0) is 23.8 Å². The van der Waals surface area contributed by atoms with Crippen molar-refractivity contribution in [3.05, 3.63) is 25.3 Å². The Morgan fingerprint density at radius 1 is 1.15 bits per heavy atom. The van der Waals surface area contributed by atoms with E-state index in [2.05, 4.69) is 17.9 Å². The van der Waals surface area contributed by atoms with Crippen molar-refractivity contribution < 1.29 is 34.0 Å². The maximum atomic E-state index is 11.1. The van der Waals surface area contributed by atoms with Crippen LogP contribution in [0.15, 0.2) is 25.3 Å². The van der Waals surface area contributed by atoms with Gasteiger partial charge in [-0.2, -0.15) is 0 Å². The predicted molar refractivity (Wildman–Crippen MR) is 69.8 cm³/mol. The molecule has 0 saturated heterocycles. The summed E-state index contributed by atoms with van der Waals surface area (Å²) in [6, 6.07) is 0. The number of carbonyl (C=O) groups excluding carboxylic acids is 2. The Balaban J connectivity index is 4.02. The molecule has 0 aliphatic heterocycles. The molecule has 20 heavy (non-hydrogen) atoms. The first kappa shape index (κ1) is 18.3. The van der Waals surface area contributed by atoms with E-state index in [0.29, 0.717) is 0 Å². The van der Waals surface area contributed by atoms with Crippen molar-refractivity contribution in [3.63, 3.8) is 0 Å². The number of rotatable bonds is 11. The lowest BCUT2D eigenvalue weighted by Gasteiger charge is -2.19. The Morgan fingerprint density at radius 3 is 2.35 bits per heavy atom. The molecule has 114 valence electrons. The lowest BCUT2D eigenvalue weighted by Crippen LogP contribution is -2.29. The fraction of sp³-hybridized carbons (Fsp3) is 0.538. The lowest BCUT2D eigenvalue weighted by molar-refractivity contribution is -0.149. The molecule has 7 nitrogen and oxygen atoms in total. The molecule has 0 rings (SSSR count). The molecular weight excluding hydrogens is 268 g/mol. The Morgan fingerprint density at radius 2 is 1.80 bits per heavy atom. The number of aliphatic hydroxyl groups is 2. The Hall–Kier alpha value is -1.70. The molecule has 0 spiro atoms. The summed E-state index contributed by atoms with van der Waals surface area (Å²) in [7, 11) is 0. The van der Waals surface area contributed by atoms with Gasteiger partial charge in [-0.05, 0) is 0 Å². The Kier molecular flexibility index (Phi) is 10.2. The van der Waals surface area contributed by atoms with Crippen LogP contribution in [0.25, 0.3) is 0 Å². The van der Waals surface area contributed by atoms with E-state index in [9.17, 15) is 14.7 Å². The third-order valence-electron chi connectivity index (χ3n) is 2.14. The van der Waals surface area contributed by atoms with Crippen molar-refractivity contribution in [1.29, 1.82) is 0 Å². The average Bonchev–Trinajstić information content (AvgIpc) is 2.45. The van der Waals surface area contributed by atoms with Crippen LogP contribution >= 0.6 is 0 Å². The van der Waals surface area contributed by atoms with Crippen molar-refractivity contribution >= 4 is 11.9 Å². The first-order valence-electron chi connectivity index (χ1n) is 6.02. The van der Waals surface area contributed by atoms with Gasteiger partial charge < -0.3 is 24.4 Å². The zero-order chi connectivity index (χ0) is 15.4. The highest BCUT2D eigenvalue weighted by Gasteiger charge is 2.17. The summed E-state index contributed by atoms with van der Waals surface area (Å²) in [4.78, 5) is 21.8. The van der Waals surface area contributed by atoms with E-state index in [1.807, 2.05) is 0 Å². The Bertz CT molecular complexity index is 327. The molecule has 2 N–H and O–H groups in total. The van der Waals surface area contributed by atoms with Crippen molar-refractivity contribution in [2.75, 3.05) is 26.4 Å². The molecule has 0 bridgehead atoms. The van der Waals surface area contributed by atoms with E-state index >= 15 is 0 Å². The van der Waals surface area contributed by atoms with Crippen LogP contribution in [0, 0.1) is 0 Å². The molecule has 2 atom stereocenters. The van der Waals surface area contributed by atoms with Crippen LogP contribution < -0.4 is 0 Å². The van der Waals surface area contributed by atoms with Crippen LogP contribution in [0.2, 0.25) is 0 Å². The van der Waals surface area contributed by atoms with Crippen LogP contribution in [0.1, 0.15) is 6.42 Å². The first-order valence-corrected chi connectivity index (χ1v) is 6.02. The number of carbonyl (C=O) groups is 2. The molecule has 0 aromatic heterocycles. The molecule has 2 unspecified atom stereocenters. The average molecular weight is 288 g/mol. The minimum atomic E-state index is -1.01. The van der Waals surface area contributed by atoms with E-state index in [4.69, 9.17) is 14.6 Å². The van der Waals surface area contributed by atoms with Gasteiger partial charge in [-0.25, -0.2) is 9.59 Å². The fourth-order valence-corrected chi connectivity index (χ4v) is 1.22. The standard InChI is InChI=1S/C13H20O7/c1-3-12(16)19-6-5-18-9-11(7-10(15)8-14)20-13(17)4-2/h3-4,10-11,14-15H,1-2,5-9H2. The van der Waals surface area contributed by atoms with Gasteiger partial charge in [0, 0.05) is 18.6 Å². The topological polar surface area (TPSA) is 102 Å². The predicted octanol–water partition coefficient (Wildman–Crippen LogP) is -0.427. The minimum absolute atomic E-state index is 0.00226. The van der Waals surface area contributed by atoms with Crippen LogP contribution in [0.4, 0.5) is 0 Å². The Labute approximate surface area is 117 Å². The van der Waals surface area contributed by atoms with Crippen LogP contribution in [0.3, 0.4) is 0 Å². The van der Waals surface area contributed by atoms with Gasteiger partial charge in [-0.3, -0.25) is 0 Å². The number of hydrogen-bond donors (Lipinski definition) is 2. The maximum absolute atomic E-state index is 11.1. The molecule has 0 aromatic carbocycles. The van der Waals surface area contributed by atoms with Gasteiger partial charge in [0.1, 0.15) is 12.7 Å². The summed E-state index contributed by atoms with van der Waals surface area (Å²) < 4.78 is 14.8. The molecule has 0 amide bonds. The molecule has 0 fully saturated rings. The normalized spacial score (nSPS) is 13.1. The molecule has 0 saturated carbocycles. The summed E-state index contributed by atoms with van der Waals surface area (Å²) in [6.07, 6.45) is 0.316. The van der Waals surface area contributed by atoms with Crippen LogP contribution in [0.5, 0.6) is 0 Å². The molecule has 0 aliphatic rings. The molecule has 0 radical (unpaired) electrons. The van der Waals surface area contributed by atoms with E-state index < -0.39 is 30.8 Å². The highest BCUT2D eigenvalue weighted by molar-refractivity contribution is 5.81. The summed E-state index contributed by atoms with van der Waals surface area (Å²) in [6.45, 7) is 6.20. The van der Waals surface area contributed by atoms with E-state index in [1.165, 1.54) is 0 Å². The van der Waals surface area contributed by atoms with Crippen molar-refractivity contribution in [1.82, 2.24) is 0 Å². The third kappa shape index (κ3) is 9.26. The number of hydrogen-bond acceptors (Lipinski definition) is 7. The second-order valence-corrected chi connectivity index (χ2v) is 3.78. The van der Waals surface area contributed by atoms with E-state index in [-0.39, 0.29) is 26.2 Å². The zero-order valence-electron chi connectivity index (χ0n) is 11.2. The summed E-state index contributed by atoms with van der Waals surface area (Å²) in [5, 5.41) is 18.1. The monoisotopic (exact) mass is 288 g/mol. The zero-order valence-corrected chi connectivity index (χ0v) is 11.2. The second-order valence-electron chi connectivity index (χ2n) is 3.78. The third-order valence-corrected chi connectivity index (χ3v) is 2.14. The summed E-state index contributed by atoms with van der Waals surface area (Å²) >= 11 is 0. The summed E-state index contributed by atoms with van der Waals surface area (Å²) in [5.41, 5.74) is 0. The minimum Gasteiger partial charge on any atom is -0.460 e. The van der Waals surface area contributed by atoms with E-state index in [0.717, 1.165) is 12.2 Å². The maximum Gasteiger partial charge on any atom is 0.330 e. The van der Waals surface area contributed by atoms with Gasteiger partial charge in [0.25, 0.3) is 0 Å². The SMILES string of the molecule is C=CC(=O)OCCOCC(CC(O)CO)OC(=O)C=C. The number of esters is 2. The molecule has 0 aromatic rings. The largest absolute Gasteiger partial charge is 0.460 e. The van der Waals surface area contributed by atoms with Gasteiger partial charge in [-0.15, -0.1) is 0 Å². The van der Waals surface area contributed by atoms with Gasteiger partial charge >= 0.3 is 11.9 Å². The fourth-order valence-electron chi connectivity index (χ4n) is 1.22. The molecule has 0 heterocycles. The highest BCUT2D eigenvalue weighted by atomic mass is 16.6. The summed E-state index contributed by atoms with van der Waals surface area (Å²) in [5.74, 6) is -1.21. The first-order chi connectivity index (χ1) is 9.53. The molecule has 0 aliphatic carbocycles. The second kappa shape index (κ2) is 11.2. The highest BCUT2D eigenvalue weighted by Crippen LogP contribution is 2.05. The van der Waals surface area contributed by atoms with Crippen molar-refractivity contribution in [2.24, 2.45) is 0 Å². The molecule has 7 heteroatoms. The van der Waals surface area contributed by atoms with E-state index in [1.54, 1.807) is 0 Å². The lowest BCUT2D eigenvalue weighted by atomic mass is 10.2. The molecular formula is C13H20O7. The van der Waals surface area contributed by atoms with Crippen molar-refractivity contribution in [3.8, 4) is 0 Å². The van der Waals surface area contributed by atoms with Gasteiger partial charge in [0.2, 0.25) is 0 Å². The quantitative estimate of drug-likeness (QED) is 0.302. The van der Waals surface area contributed by atoms with Gasteiger partial charge in [-0.1, -0.05) is 13.2 Å². The number of aliphatic hydroxyl groups excluding tert-OH is 2. The number of ether oxygens (including phenoxy) is 3. The van der Waals surface area contributed by atoms with Crippen LogP contribution in [-0.4, -0.2) is 60.8 Å². The smallest absolute Gasteiger partial charge is 0.330 e. The van der Waals surface area contributed by atoms with Gasteiger partial charge in [0.15, 0.2) is 0 Å². The van der Waals surface area contributed by atoms with Gasteiger partial charge in [0.05, 0.1) is 25.9 Å².